The van der Waals surface area contributed by atoms with Gasteiger partial charge in [-0.2, -0.15) is 4.31 Å². The average molecular weight is 542 g/mol. The first kappa shape index (κ1) is 27.1. The van der Waals surface area contributed by atoms with E-state index in [1.54, 1.807) is 34.8 Å². The molecule has 2 atom stereocenters. The summed E-state index contributed by atoms with van der Waals surface area (Å²) in [5, 5.41) is 0.252. The van der Waals surface area contributed by atoms with Crippen LogP contribution >= 0.6 is 0 Å². The summed E-state index contributed by atoms with van der Waals surface area (Å²) in [6.45, 7) is 4.83. The van der Waals surface area contributed by atoms with Crippen LogP contribution < -0.4 is 5.43 Å². The van der Waals surface area contributed by atoms with Crippen LogP contribution in [0.1, 0.15) is 62.2 Å². The van der Waals surface area contributed by atoms with Crippen molar-refractivity contribution in [3.63, 3.8) is 0 Å². The summed E-state index contributed by atoms with van der Waals surface area (Å²) in [5.41, 5.74) is 0.250. The standard InChI is InChI=1S/C29H39N3O5S/c1-21-12-14-32(15-13-21)38(35,36)24-10-11-27-25(17-24)28(33)26(20-30(27)2)29(34)31(19-23-9-6-16-37-23)18-22-7-4-3-5-8-22/h3-4,10-11,17,20-23H,5-9,12-16,18-19H2,1-2H3/t22-,23-/m1/s1. The molecule has 0 bridgehead atoms. The highest BCUT2D eigenvalue weighted by Gasteiger charge is 2.30. The summed E-state index contributed by atoms with van der Waals surface area (Å²) >= 11 is 0. The minimum absolute atomic E-state index is 0.0219. The van der Waals surface area contributed by atoms with Crippen molar-refractivity contribution in [2.24, 2.45) is 18.9 Å². The fraction of sp³-hybridized carbons (Fsp3) is 0.586. The SMILES string of the molecule is CC1CCN(S(=O)(=O)c2ccc3c(c2)c(=O)c(C(=O)N(C[C@@H]2CC=CCC2)C[C@H]2CCCO2)cn3C)CC1. The van der Waals surface area contributed by atoms with Crippen LogP contribution in [-0.2, 0) is 21.8 Å². The fourth-order valence-electron chi connectivity index (χ4n) is 5.94. The number of benzene rings is 1. The summed E-state index contributed by atoms with van der Waals surface area (Å²) in [5.74, 6) is 0.538. The van der Waals surface area contributed by atoms with E-state index >= 15 is 0 Å². The molecule has 1 aromatic carbocycles. The molecule has 9 heteroatoms. The van der Waals surface area contributed by atoms with Crippen LogP contribution in [0.5, 0.6) is 0 Å². The van der Waals surface area contributed by atoms with Gasteiger partial charge in [0.15, 0.2) is 0 Å². The molecule has 0 spiro atoms. The van der Waals surface area contributed by atoms with Gasteiger partial charge in [-0.25, -0.2) is 8.42 Å². The fourth-order valence-corrected chi connectivity index (χ4v) is 7.43. The van der Waals surface area contributed by atoms with Gasteiger partial charge in [0.05, 0.1) is 16.5 Å². The van der Waals surface area contributed by atoms with Gasteiger partial charge >= 0.3 is 0 Å². The zero-order chi connectivity index (χ0) is 26.9. The van der Waals surface area contributed by atoms with Crippen molar-refractivity contribution in [2.75, 3.05) is 32.8 Å². The number of rotatable bonds is 7. The number of carbonyl (C=O) groups is 1. The molecule has 5 rings (SSSR count). The zero-order valence-electron chi connectivity index (χ0n) is 22.5. The van der Waals surface area contributed by atoms with E-state index in [1.807, 2.05) is 0 Å². The third-order valence-electron chi connectivity index (χ3n) is 8.36. The molecule has 1 amide bonds. The quantitative estimate of drug-likeness (QED) is 0.496. The van der Waals surface area contributed by atoms with Gasteiger partial charge in [-0.3, -0.25) is 9.59 Å². The second kappa shape index (κ2) is 11.3. The van der Waals surface area contributed by atoms with Crippen molar-refractivity contribution >= 4 is 26.8 Å². The predicted molar refractivity (Wildman–Crippen MR) is 148 cm³/mol. The number of allylic oxidation sites excluding steroid dienone is 2. The normalized spacial score (nSPS) is 23.2. The Hall–Kier alpha value is -2.49. The number of carbonyl (C=O) groups excluding carboxylic acids is 1. The summed E-state index contributed by atoms with van der Waals surface area (Å²) in [6, 6.07) is 4.69. The number of aryl methyl sites for hydroxylation is 1. The van der Waals surface area contributed by atoms with Crippen molar-refractivity contribution in [3.8, 4) is 0 Å². The Morgan fingerprint density at radius 3 is 2.58 bits per heavy atom. The van der Waals surface area contributed by atoms with E-state index in [1.165, 1.54) is 10.4 Å². The van der Waals surface area contributed by atoms with E-state index < -0.39 is 15.5 Å². The molecule has 0 saturated carbocycles. The van der Waals surface area contributed by atoms with Crippen molar-refractivity contribution in [1.29, 1.82) is 0 Å². The van der Waals surface area contributed by atoms with E-state index in [4.69, 9.17) is 4.74 Å². The highest BCUT2D eigenvalue weighted by Crippen LogP contribution is 2.26. The molecule has 1 aromatic heterocycles. The Morgan fingerprint density at radius 2 is 1.89 bits per heavy atom. The first-order valence-corrected chi connectivity index (χ1v) is 15.4. The minimum Gasteiger partial charge on any atom is -0.376 e. The van der Waals surface area contributed by atoms with Crippen LogP contribution in [0.25, 0.3) is 10.9 Å². The Morgan fingerprint density at radius 1 is 1.11 bits per heavy atom. The number of ether oxygens (including phenoxy) is 1. The summed E-state index contributed by atoms with van der Waals surface area (Å²) in [4.78, 5) is 29.5. The van der Waals surface area contributed by atoms with Gasteiger partial charge in [0.1, 0.15) is 5.56 Å². The van der Waals surface area contributed by atoms with Crippen molar-refractivity contribution in [1.82, 2.24) is 13.8 Å². The summed E-state index contributed by atoms with van der Waals surface area (Å²) in [7, 11) is -1.94. The number of pyridine rings is 1. The molecular weight excluding hydrogens is 502 g/mol. The molecule has 0 N–H and O–H groups in total. The Labute approximate surface area is 225 Å². The van der Waals surface area contributed by atoms with Crippen molar-refractivity contribution < 1.29 is 17.9 Å². The van der Waals surface area contributed by atoms with Crippen LogP contribution in [0.2, 0.25) is 0 Å². The summed E-state index contributed by atoms with van der Waals surface area (Å²) in [6.07, 6.45) is 12.4. The maximum Gasteiger partial charge on any atom is 0.259 e. The monoisotopic (exact) mass is 541 g/mol. The number of hydrogen-bond donors (Lipinski definition) is 0. The molecule has 2 saturated heterocycles. The van der Waals surface area contributed by atoms with Crippen LogP contribution in [0, 0.1) is 11.8 Å². The van der Waals surface area contributed by atoms with Gasteiger partial charge in [0.25, 0.3) is 5.91 Å². The van der Waals surface area contributed by atoms with E-state index in [-0.39, 0.29) is 27.9 Å². The first-order valence-electron chi connectivity index (χ1n) is 13.9. The predicted octanol–water partition coefficient (Wildman–Crippen LogP) is 3.94. The van der Waals surface area contributed by atoms with Gasteiger partial charge in [-0.1, -0.05) is 19.1 Å². The Kier molecular flexibility index (Phi) is 8.07. The van der Waals surface area contributed by atoms with E-state index in [0.717, 1.165) is 44.9 Å². The number of aromatic nitrogens is 1. The highest BCUT2D eigenvalue weighted by molar-refractivity contribution is 7.89. The summed E-state index contributed by atoms with van der Waals surface area (Å²) < 4.78 is 35.9. The van der Waals surface area contributed by atoms with E-state index in [2.05, 4.69) is 19.1 Å². The zero-order valence-corrected chi connectivity index (χ0v) is 23.3. The number of sulfonamides is 1. The van der Waals surface area contributed by atoms with Crippen molar-refractivity contribution in [2.45, 2.75) is 62.9 Å². The van der Waals surface area contributed by atoms with Crippen LogP contribution in [0.4, 0.5) is 0 Å². The second-order valence-corrected chi connectivity index (χ2v) is 13.2. The van der Waals surface area contributed by atoms with E-state index in [9.17, 15) is 18.0 Å². The third kappa shape index (κ3) is 5.60. The second-order valence-electron chi connectivity index (χ2n) is 11.2. The molecule has 2 aliphatic heterocycles. The van der Waals surface area contributed by atoms with Gasteiger partial charge in [-0.05, 0) is 75.0 Å². The number of hydrogen-bond acceptors (Lipinski definition) is 5. The lowest BCUT2D eigenvalue weighted by Gasteiger charge is -2.30. The third-order valence-corrected chi connectivity index (χ3v) is 10.3. The topological polar surface area (TPSA) is 88.9 Å². The average Bonchev–Trinajstić information content (AvgIpc) is 3.44. The van der Waals surface area contributed by atoms with Gasteiger partial charge in [-0.15, -0.1) is 0 Å². The first-order chi connectivity index (χ1) is 18.2. The molecule has 1 aliphatic carbocycles. The number of piperidine rings is 1. The molecule has 206 valence electrons. The lowest BCUT2D eigenvalue weighted by atomic mass is 9.93. The molecule has 2 fully saturated rings. The van der Waals surface area contributed by atoms with Crippen molar-refractivity contribution in [3.05, 3.63) is 52.3 Å². The highest BCUT2D eigenvalue weighted by atomic mass is 32.2. The largest absolute Gasteiger partial charge is 0.376 e. The maximum atomic E-state index is 13.9. The Balaban J connectivity index is 1.49. The lowest BCUT2D eigenvalue weighted by molar-refractivity contribution is 0.0482. The lowest BCUT2D eigenvalue weighted by Crippen LogP contribution is -2.42. The Bertz CT molecular complexity index is 1370. The van der Waals surface area contributed by atoms with Gasteiger partial charge < -0.3 is 14.2 Å². The van der Waals surface area contributed by atoms with Crippen LogP contribution in [0.3, 0.4) is 0 Å². The smallest absolute Gasteiger partial charge is 0.259 e. The number of nitrogens with zero attached hydrogens (tertiary/aromatic N) is 3. The molecule has 38 heavy (non-hydrogen) atoms. The maximum absolute atomic E-state index is 13.9. The minimum atomic E-state index is -3.72. The van der Waals surface area contributed by atoms with Crippen LogP contribution in [-0.4, -0.2) is 67.0 Å². The van der Waals surface area contributed by atoms with Gasteiger partial charge in [0, 0.05) is 51.4 Å². The van der Waals surface area contributed by atoms with Crippen LogP contribution in [0.15, 0.2) is 46.2 Å². The molecule has 3 heterocycles. The number of fused-ring (bicyclic) bond motifs is 1. The molecule has 8 nitrogen and oxygen atoms in total. The molecule has 0 unspecified atom stereocenters. The van der Waals surface area contributed by atoms with Gasteiger partial charge in [0.2, 0.25) is 15.5 Å². The molecule has 2 aromatic rings. The molecule has 3 aliphatic rings. The molecular formula is C29H39N3O5S. The van der Waals surface area contributed by atoms with E-state index in [0.29, 0.717) is 50.1 Å². The number of amides is 1. The molecule has 0 radical (unpaired) electrons.